The summed E-state index contributed by atoms with van der Waals surface area (Å²) < 4.78 is 1.54. The van der Waals surface area contributed by atoms with Gasteiger partial charge in [-0.05, 0) is 0 Å². The smallest absolute Gasteiger partial charge is 0.169 e. The minimum atomic E-state index is -1.11. The molecule has 0 saturated carbocycles. The number of nitrogens with two attached hydrogens (primary N) is 1. The summed E-state index contributed by atoms with van der Waals surface area (Å²) in [7, 11) is 0. The van der Waals surface area contributed by atoms with Gasteiger partial charge < -0.3 is 21.1 Å². The van der Waals surface area contributed by atoms with E-state index in [4.69, 9.17) is 10.8 Å². The third-order valence-electron chi connectivity index (χ3n) is 3.30. The van der Waals surface area contributed by atoms with Crippen LogP contribution in [-0.2, 0) is 0 Å². The number of anilines is 1. The SMILES string of the molecule is Nc1ncnc2c1ncn2C1=C[C@@H](CO)[C@@H](O)[C@H]1O. The van der Waals surface area contributed by atoms with Crippen LogP contribution in [0.15, 0.2) is 18.7 Å². The van der Waals surface area contributed by atoms with E-state index < -0.39 is 18.1 Å². The molecule has 2 heterocycles. The van der Waals surface area contributed by atoms with Crippen molar-refractivity contribution in [2.45, 2.75) is 12.2 Å². The minimum absolute atomic E-state index is 0.245. The van der Waals surface area contributed by atoms with Crippen molar-refractivity contribution in [1.82, 2.24) is 19.5 Å². The lowest BCUT2D eigenvalue weighted by Gasteiger charge is -2.16. The Labute approximate surface area is 107 Å². The monoisotopic (exact) mass is 263 g/mol. The van der Waals surface area contributed by atoms with Gasteiger partial charge in [-0.2, -0.15) is 0 Å². The zero-order chi connectivity index (χ0) is 13.6. The zero-order valence-corrected chi connectivity index (χ0v) is 9.88. The summed E-state index contributed by atoms with van der Waals surface area (Å²) in [5.74, 6) is -0.266. The van der Waals surface area contributed by atoms with Crippen LogP contribution in [0.2, 0.25) is 0 Å². The number of rotatable bonds is 2. The molecular formula is C11H13N5O3. The van der Waals surface area contributed by atoms with Crippen molar-refractivity contribution in [2.24, 2.45) is 5.92 Å². The van der Waals surface area contributed by atoms with E-state index in [9.17, 15) is 10.2 Å². The second-order valence-electron chi connectivity index (χ2n) is 4.42. The molecule has 0 amide bonds. The molecule has 8 nitrogen and oxygen atoms in total. The van der Waals surface area contributed by atoms with E-state index in [-0.39, 0.29) is 12.4 Å². The van der Waals surface area contributed by atoms with Gasteiger partial charge in [0, 0.05) is 5.92 Å². The minimum Gasteiger partial charge on any atom is -0.396 e. The van der Waals surface area contributed by atoms with Gasteiger partial charge in [0.05, 0.1) is 18.4 Å². The van der Waals surface area contributed by atoms with Crippen molar-refractivity contribution in [3.8, 4) is 0 Å². The van der Waals surface area contributed by atoms with E-state index in [1.54, 1.807) is 6.08 Å². The van der Waals surface area contributed by atoms with Crippen LogP contribution in [-0.4, -0.2) is 53.7 Å². The first kappa shape index (κ1) is 12.0. The molecular weight excluding hydrogens is 250 g/mol. The molecule has 2 aromatic rings. The topological polar surface area (TPSA) is 130 Å². The molecule has 0 unspecified atom stereocenters. The van der Waals surface area contributed by atoms with Crippen LogP contribution in [0.5, 0.6) is 0 Å². The maximum Gasteiger partial charge on any atom is 0.169 e. The molecule has 0 saturated heterocycles. The molecule has 100 valence electrons. The zero-order valence-electron chi connectivity index (χ0n) is 9.88. The van der Waals surface area contributed by atoms with E-state index in [0.717, 1.165) is 0 Å². The van der Waals surface area contributed by atoms with Gasteiger partial charge in [0.15, 0.2) is 17.0 Å². The highest BCUT2D eigenvalue weighted by Gasteiger charge is 2.35. The number of imidazole rings is 1. The van der Waals surface area contributed by atoms with Gasteiger partial charge in [-0.3, -0.25) is 4.57 Å². The van der Waals surface area contributed by atoms with Gasteiger partial charge in [0.25, 0.3) is 0 Å². The standard InChI is InChI=1S/C11H13N5O3/c12-10-7-11(14-3-13-10)16(4-15-7)6-1-5(2-17)8(18)9(6)19/h1,3-5,8-9,17-19H,2H2,(H2,12,13,14)/t5-,8+,9-/m0/s1. The summed E-state index contributed by atoms with van der Waals surface area (Å²) in [6.07, 6.45) is 2.21. The third kappa shape index (κ3) is 1.69. The van der Waals surface area contributed by atoms with Crippen molar-refractivity contribution >= 4 is 22.7 Å². The average Bonchev–Trinajstić information content (AvgIpc) is 2.94. The summed E-state index contributed by atoms with van der Waals surface area (Å²) in [6, 6.07) is 0. The van der Waals surface area contributed by atoms with Crippen LogP contribution in [0.25, 0.3) is 16.9 Å². The Bertz CT molecular complexity index is 653. The number of nitrogens with zero attached hydrogens (tertiary/aromatic N) is 4. The maximum absolute atomic E-state index is 10.0. The fourth-order valence-corrected chi connectivity index (χ4v) is 2.25. The van der Waals surface area contributed by atoms with E-state index >= 15 is 0 Å². The van der Waals surface area contributed by atoms with Gasteiger partial charge in [-0.1, -0.05) is 6.08 Å². The van der Waals surface area contributed by atoms with Gasteiger partial charge in [0.2, 0.25) is 0 Å². The summed E-state index contributed by atoms with van der Waals surface area (Å²) >= 11 is 0. The van der Waals surface area contributed by atoms with Crippen LogP contribution in [0.1, 0.15) is 0 Å². The van der Waals surface area contributed by atoms with E-state index in [0.29, 0.717) is 16.9 Å². The second kappa shape index (κ2) is 4.26. The Morgan fingerprint density at radius 2 is 2.05 bits per heavy atom. The molecule has 2 aromatic heterocycles. The molecule has 0 aromatic carbocycles. The molecule has 0 spiro atoms. The van der Waals surface area contributed by atoms with Gasteiger partial charge in [-0.15, -0.1) is 0 Å². The van der Waals surface area contributed by atoms with E-state index in [1.807, 2.05) is 0 Å². The first-order valence-corrected chi connectivity index (χ1v) is 5.76. The van der Waals surface area contributed by atoms with Crippen LogP contribution in [0.4, 0.5) is 5.82 Å². The maximum atomic E-state index is 10.0. The molecule has 1 aliphatic rings. The molecule has 0 fully saturated rings. The Kier molecular flexibility index (Phi) is 2.70. The summed E-state index contributed by atoms with van der Waals surface area (Å²) in [4.78, 5) is 12.0. The first-order chi connectivity index (χ1) is 9.13. The van der Waals surface area contributed by atoms with Crippen molar-refractivity contribution in [1.29, 1.82) is 0 Å². The molecule has 0 radical (unpaired) electrons. The van der Waals surface area contributed by atoms with Crippen molar-refractivity contribution in [3.05, 3.63) is 18.7 Å². The molecule has 0 aliphatic heterocycles. The fraction of sp³-hybridized carbons (Fsp3) is 0.364. The van der Waals surface area contributed by atoms with Crippen molar-refractivity contribution in [2.75, 3.05) is 12.3 Å². The number of fused-ring (bicyclic) bond motifs is 1. The predicted molar refractivity (Wildman–Crippen MR) is 66.6 cm³/mol. The summed E-state index contributed by atoms with van der Waals surface area (Å²) in [5.41, 5.74) is 6.98. The van der Waals surface area contributed by atoms with Crippen LogP contribution in [0.3, 0.4) is 0 Å². The Morgan fingerprint density at radius 3 is 2.74 bits per heavy atom. The largest absolute Gasteiger partial charge is 0.396 e. The highest BCUT2D eigenvalue weighted by molar-refractivity contribution is 5.84. The third-order valence-corrected chi connectivity index (χ3v) is 3.30. The summed E-state index contributed by atoms with van der Waals surface area (Å²) in [5, 5.41) is 28.9. The average molecular weight is 263 g/mol. The fourth-order valence-electron chi connectivity index (χ4n) is 2.25. The number of aromatic nitrogens is 4. The highest BCUT2D eigenvalue weighted by atomic mass is 16.3. The van der Waals surface area contributed by atoms with E-state index in [2.05, 4.69) is 15.0 Å². The molecule has 8 heteroatoms. The van der Waals surface area contributed by atoms with Gasteiger partial charge in [0.1, 0.15) is 18.8 Å². The molecule has 0 bridgehead atoms. The van der Waals surface area contributed by atoms with Crippen molar-refractivity contribution < 1.29 is 15.3 Å². The quantitative estimate of drug-likeness (QED) is 0.523. The molecule has 3 atom stereocenters. The molecule has 5 N–H and O–H groups in total. The van der Waals surface area contributed by atoms with Gasteiger partial charge in [-0.25, -0.2) is 15.0 Å². The number of aliphatic hydroxyl groups is 3. The molecule has 3 rings (SSSR count). The normalized spacial score (nSPS) is 26.9. The Balaban J connectivity index is 2.13. The Hall–Kier alpha value is -2.03. The van der Waals surface area contributed by atoms with Crippen LogP contribution < -0.4 is 5.73 Å². The second-order valence-corrected chi connectivity index (χ2v) is 4.42. The lowest BCUT2D eigenvalue weighted by Crippen LogP contribution is -2.30. The van der Waals surface area contributed by atoms with E-state index in [1.165, 1.54) is 17.2 Å². The molecule has 19 heavy (non-hydrogen) atoms. The Morgan fingerprint density at radius 1 is 1.26 bits per heavy atom. The summed E-state index contributed by atoms with van der Waals surface area (Å²) in [6.45, 7) is -0.245. The van der Waals surface area contributed by atoms with Gasteiger partial charge >= 0.3 is 0 Å². The first-order valence-electron chi connectivity index (χ1n) is 5.76. The lowest BCUT2D eigenvalue weighted by molar-refractivity contribution is 0.0199. The van der Waals surface area contributed by atoms with Crippen molar-refractivity contribution in [3.63, 3.8) is 0 Å². The van der Waals surface area contributed by atoms with Crippen LogP contribution in [0, 0.1) is 5.92 Å². The lowest BCUT2D eigenvalue weighted by atomic mass is 10.1. The number of hydrogen-bond acceptors (Lipinski definition) is 7. The molecule has 1 aliphatic carbocycles. The number of aliphatic hydroxyl groups excluding tert-OH is 3. The van der Waals surface area contributed by atoms with Crippen LogP contribution >= 0.6 is 0 Å². The highest BCUT2D eigenvalue weighted by Crippen LogP contribution is 2.30. The number of nitrogen functional groups attached to an aromatic ring is 1. The number of hydrogen-bond donors (Lipinski definition) is 4. The predicted octanol–water partition coefficient (Wildman–Crippen LogP) is -1.41.